The molecule has 0 bridgehead atoms. The number of ether oxygens (including phenoxy) is 1. The van der Waals surface area contributed by atoms with Crippen LogP contribution in [0, 0.1) is 0 Å². The predicted molar refractivity (Wildman–Crippen MR) is 69.7 cm³/mol. The number of likely N-dealkylation sites (N-methyl/N-ethyl adjacent to an activating group) is 1. The number of esters is 1. The van der Waals surface area contributed by atoms with Crippen LogP contribution in [0.1, 0.15) is 13.3 Å². The van der Waals surface area contributed by atoms with E-state index in [0.29, 0.717) is 11.0 Å². The summed E-state index contributed by atoms with van der Waals surface area (Å²) in [6.45, 7) is 1.11. The maximum absolute atomic E-state index is 11.5. The van der Waals surface area contributed by atoms with Gasteiger partial charge in [-0.2, -0.15) is 0 Å². The topological polar surface area (TPSA) is 105 Å². The van der Waals surface area contributed by atoms with Crippen molar-refractivity contribution in [1.29, 1.82) is 0 Å². The van der Waals surface area contributed by atoms with Crippen molar-refractivity contribution in [2.24, 2.45) is 0 Å². The van der Waals surface area contributed by atoms with Crippen LogP contribution < -0.4 is 4.89 Å². The molecule has 0 rings (SSSR count). The number of phosphoric ester groups is 1. The zero-order valence-electron chi connectivity index (χ0n) is 12.4. The summed E-state index contributed by atoms with van der Waals surface area (Å²) in [7, 11) is 1.14. The van der Waals surface area contributed by atoms with Crippen LogP contribution in [0.2, 0.25) is 0 Å². The molecule has 1 N–H and O–H groups in total. The van der Waals surface area contributed by atoms with E-state index < -0.39 is 26.5 Å². The van der Waals surface area contributed by atoms with Gasteiger partial charge in [-0.1, -0.05) is 6.92 Å². The Bertz CT molecular complexity index is 342. The van der Waals surface area contributed by atoms with E-state index in [2.05, 4.69) is 9.05 Å². The zero-order valence-corrected chi connectivity index (χ0v) is 13.3. The second-order valence-corrected chi connectivity index (χ2v) is 6.60. The van der Waals surface area contributed by atoms with Gasteiger partial charge in [0, 0.05) is 6.42 Å². The van der Waals surface area contributed by atoms with Gasteiger partial charge >= 0.3 is 5.97 Å². The van der Waals surface area contributed by atoms with Gasteiger partial charge in [0.1, 0.15) is 25.9 Å². The van der Waals surface area contributed by atoms with Crippen LogP contribution in [0.15, 0.2) is 0 Å². The van der Waals surface area contributed by atoms with Crippen LogP contribution in [0.3, 0.4) is 0 Å². The minimum atomic E-state index is -4.53. The molecule has 0 aliphatic heterocycles. The van der Waals surface area contributed by atoms with Crippen LogP contribution in [0.5, 0.6) is 0 Å². The monoisotopic (exact) mass is 313 g/mol. The number of phosphoric acid groups is 1. The number of aliphatic hydroxyl groups is 1. The lowest BCUT2D eigenvalue weighted by Crippen LogP contribution is -2.38. The molecule has 20 heavy (non-hydrogen) atoms. The van der Waals surface area contributed by atoms with Gasteiger partial charge in [0.2, 0.25) is 0 Å². The van der Waals surface area contributed by atoms with Gasteiger partial charge in [0.25, 0.3) is 7.82 Å². The van der Waals surface area contributed by atoms with Crippen LogP contribution in [0.25, 0.3) is 0 Å². The van der Waals surface area contributed by atoms with Gasteiger partial charge < -0.3 is 28.3 Å². The lowest BCUT2D eigenvalue weighted by molar-refractivity contribution is -0.870. The van der Waals surface area contributed by atoms with E-state index in [1.165, 1.54) is 0 Å². The van der Waals surface area contributed by atoms with Gasteiger partial charge in [-0.15, -0.1) is 0 Å². The fraction of sp³-hybridized carbons (Fsp3) is 0.909. The molecule has 0 saturated carbocycles. The summed E-state index contributed by atoms with van der Waals surface area (Å²) in [5.74, 6) is -0.501. The minimum Gasteiger partial charge on any atom is -0.756 e. The number of carbonyl (C=O) groups excluding carboxylic acids is 1. The highest BCUT2D eigenvalue weighted by Crippen LogP contribution is 2.39. The number of carbonyl (C=O) groups is 1. The molecule has 0 aromatic carbocycles. The van der Waals surface area contributed by atoms with E-state index in [4.69, 9.17) is 9.84 Å². The SMILES string of the molecule is CCC(=O)OC[C@H](CO)OP(=O)([O-])OCC[N+](C)(C)C. The Morgan fingerprint density at radius 3 is 2.45 bits per heavy atom. The minimum absolute atomic E-state index is 0.0306. The summed E-state index contributed by atoms with van der Waals surface area (Å²) in [6.07, 6.45) is -0.995. The molecule has 0 aliphatic carbocycles. The molecule has 2 atom stereocenters. The van der Waals surface area contributed by atoms with E-state index in [9.17, 15) is 14.3 Å². The summed E-state index contributed by atoms with van der Waals surface area (Å²) in [6, 6.07) is 0. The number of hydrogen-bond donors (Lipinski definition) is 1. The first-order chi connectivity index (χ1) is 9.09. The van der Waals surface area contributed by atoms with Crippen molar-refractivity contribution in [3.63, 3.8) is 0 Å². The van der Waals surface area contributed by atoms with Crippen molar-refractivity contribution in [1.82, 2.24) is 0 Å². The lowest BCUT2D eigenvalue weighted by Gasteiger charge is -2.29. The van der Waals surface area contributed by atoms with E-state index >= 15 is 0 Å². The van der Waals surface area contributed by atoms with Crippen molar-refractivity contribution in [2.45, 2.75) is 19.4 Å². The van der Waals surface area contributed by atoms with Crippen LogP contribution in [0.4, 0.5) is 0 Å². The first kappa shape index (κ1) is 19.5. The van der Waals surface area contributed by atoms with E-state index in [0.717, 1.165) is 0 Å². The number of hydrogen-bond acceptors (Lipinski definition) is 7. The molecule has 1 unspecified atom stereocenters. The highest BCUT2D eigenvalue weighted by Gasteiger charge is 2.20. The van der Waals surface area contributed by atoms with Gasteiger partial charge in [-0.3, -0.25) is 9.36 Å². The molecule has 0 spiro atoms. The molecular formula is C11H24NO7P. The second kappa shape index (κ2) is 8.71. The molecule has 0 aromatic rings. The van der Waals surface area contributed by atoms with Gasteiger partial charge in [-0.05, 0) is 0 Å². The molecule has 0 fully saturated rings. The Morgan fingerprint density at radius 2 is 2.00 bits per heavy atom. The quantitative estimate of drug-likeness (QED) is 0.329. The maximum Gasteiger partial charge on any atom is 0.305 e. The highest BCUT2D eigenvalue weighted by atomic mass is 31.2. The largest absolute Gasteiger partial charge is 0.756 e. The first-order valence-electron chi connectivity index (χ1n) is 6.30. The average molecular weight is 313 g/mol. The Kier molecular flexibility index (Phi) is 8.50. The van der Waals surface area contributed by atoms with Crippen molar-refractivity contribution in [3.05, 3.63) is 0 Å². The van der Waals surface area contributed by atoms with Crippen LogP contribution >= 0.6 is 7.82 Å². The third kappa shape index (κ3) is 10.3. The molecule has 120 valence electrons. The number of aliphatic hydroxyl groups excluding tert-OH is 1. The third-order valence-electron chi connectivity index (χ3n) is 2.21. The smallest absolute Gasteiger partial charge is 0.305 e. The number of rotatable bonds is 10. The molecule has 0 aromatic heterocycles. The van der Waals surface area contributed by atoms with Crippen LogP contribution in [-0.2, 0) is 23.1 Å². The van der Waals surface area contributed by atoms with E-state index in [1.54, 1.807) is 6.92 Å². The Balaban J connectivity index is 4.19. The van der Waals surface area contributed by atoms with Gasteiger partial charge in [0.05, 0.1) is 27.7 Å². The zero-order chi connectivity index (χ0) is 15.8. The molecule has 0 saturated heterocycles. The normalized spacial score (nSPS) is 16.5. The fourth-order valence-electron chi connectivity index (χ4n) is 1.04. The van der Waals surface area contributed by atoms with Crippen molar-refractivity contribution in [3.8, 4) is 0 Å². The van der Waals surface area contributed by atoms with Gasteiger partial charge in [-0.25, -0.2) is 0 Å². The fourth-order valence-corrected chi connectivity index (χ4v) is 1.90. The standard InChI is InChI=1S/C11H24NO7P/c1-5-11(14)17-9-10(8-13)19-20(15,16)18-7-6-12(2,3)4/h10,13H,5-9H2,1-4H3/t10-/m0/s1. The van der Waals surface area contributed by atoms with Crippen molar-refractivity contribution < 1.29 is 37.6 Å². The average Bonchev–Trinajstić information content (AvgIpc) is 2.31. The molecule has 0 radical (unpaired) electrons. The molecule has 0 heterocycles. The van der Waals surface area contributed by atoms with E-state index in [1.807, 2.05) is 21.1 Å². The molecule has 9 heteroatoms. The summed E-state index contributed by atoms with van der Waals surface area (Å²) >= 11 is 0. The van der Waals surface area contributed by atoms with Crippen molar-refractivity contribution >= 4 is 13.8 Å². The van der Waals surface area contributed by atoms with E-state index in [-0.39, 0.29) is 19.6 Å². The summed E-state index contributed by atoms with van der Waals surface area (Å²) in [5.41, 5.74) is 0. The highest BCUT2D eigenvalue weighted by molar-refractivity contribution is 7.45. The first-order valence-corrected chi connectivity index (χ1v) is 7.76. The van der Waals surface area contributed by atoms with Crippen LogP contribution in [-0.4, -0.2) is 69.2 Å². The molecule has 8 nitrogen and oxygen atoms in total. The summed E-state index contributed by atoms with van der Waals surface area (Å²) < 4.78 is 26.1. The van der Waals surface area contributed by atoms with Crippen molar-refractivity contribution in [2.75, 3.05) is 47.5 Å². The lowest BCUT2D eigenvalue weighted by atomic mass is 10.4. The predicted octanol–water partition coefficient (Wildman–Crippen LogP) is -0.492. The molecular weight excluding hydrogens is 289 g/mol. The summed E-state index contributed by atoms with van der Waals surface area (Å²) in [5, 5.41) is 8.99. The molecule has 0 amide bonds. The Morgan fingerprint density at radius 1 is 1.40 bits per heavy atom. The van der Waals surface area contributed by atoms with Gasteiger partial charge in [0.15, 0.2) is 0 Å². The number of nitrogens with zero attached hydrogens (tertiary/aromatic N) is 1. The Labute approximate surface area is 119 Å². The summed E-state index contributed by atoms with van der Waals surface area (Å²) in [4.78, 5) is 22.5. The third-order valence-corrected chi connectivity index (χ3v) is 3.27. The maximum atomic E-state index is 11.5. The number of quaternary nitrogens is 1. The Hall–Kier alpha value is -0.500. The second-order valence-electron chi connectivity index (χ2n) is 5.24. The molecule has 0 aliphatic rings.